The van der Waals surface area contributed by atoms with Gasteiger partial charge in [-0.15, -0.1) is 0 Å². The number of hydrogen-bond acceptors (Lipinski definition) is 4. The van der Waals surface area contributed by atoms with Crippen molar-refractivity contribution in [2.24, 2.45) is 11.1 Å². The summed E-state index contributed by atoms with van der Waals surface area (Å²) >= 11 is 0. The topological polar surface area (TPSA) is 93.0 Å². The highest BCUT2D eigenvalue weighted by Gasteiger charge is 2.62. The SMILES string of the molecule is CCOC1CC(N)(C(=O)Nc2cn[nH]c2)C1(C)C. The summed E-state index contributed by atoms with van der Waals surface area (Å²) in [6.45, 7) is 6.50. The van der Waals surface area contributed by atoms with Gasteiger partial charge in [0.2, 0.25) is 5.91 Å². The highest BCUT2D eigenvalue weighted by atomic mass is 16.5. The number of rotatable bonds is 4. The summed E-state index contributed by atoms with van der Waals surface area (Å²) in [5, 5.41) is 9.19. The molecular weight excluding hydrogens is 232 g/mol. The zero-order valence-corrected chi connectivity index (χ0v) is 11.0. The summed E-state index contributed by atoms with van der Waals surface area (Å²) in [5.41, 5.74) is 5.59. The number of nitrogens with one attached hydrogen (secondary N) is 2. The molecular formula is C12H20N4O2. The predicted molar refractivity (Wildman–Crippen MR) is 67.9 cm³/mol. The maximum absolute atomic E-state index is 12.2. The van der Waals surface area contributed by atoms with Crippen LogP contribution in [-0.2, 0) is 9.53 Å². The number of carbonyl (C=O) groups is 1. The minimum absolute atomic E-state index is 0.0302. The second kappa shape index (κ2) is 4.37. The van der Waals surface area contributed by atoms with Gasteiger partial charge in [-0.2, -0.15) is 5.10 Å². The minimum atomic E-state index is -0.899. The van der Waals surface area contributed by atoms with Crippen molar-refractivity contribution in [1.82, 2.24) is 10.2 Å². The lowest BCUT2D eigenvalue weighted by Crippen LogP contribution is -2.74. The fourth-order valence-corrected chi connectivity index (χ4v) is 2.38. The lowest BCUT2D eigenvalue weighted by Gasteiger charge is -2.57. The Bertz CT molecular complexity index is 429. The molecule has 2 rings (SSSR count). The molecule has 0 radical (unpaired) electrons. The van der Waals surface area contributed by atoms with Crippen molar-refractivity contribution >= 4 is 11.6 Å². The van der Waals surface area contributed by atoms with Crippen molar-refractivity contribution in [3.63, 3.8) is 0 Å². The van der Waals surface area contributed by atoms with E-state index < -0.39 is 5.54 Å². The summed E-state index contributed by atoms with van der Waals surface area (Å²) in [6, 6.07) is 0. The van der Waals surface area contributed by atoms with Crippen LogP contribution in [0.1, 0.15) is 27.2 Å². The van der Waals surface area contributed by atoms with Gasteiger partial charge < -0.3 is 15.8 Å². The molecule has 18 heavy (non-hydrogen) atoms. The van der Waals surface area contributed by atoms with E-state index in [1.807, 2.05) is 20.8 Å². The number of nitrogens with two attached hydrogens (primary N) is 1. The third kappa shape index (κ3) is 1.81. The van der Waals surface area contributed by atoms with Crippen LogP contribution in [0.2, 0.25) is 0 Å². The first-order valence-electron chi connectivity index (χ1n) is 6.12. The molecule has 1 saturated carbocycles. The molecule has 1 amide bonds. The molecule has 0 spiro atoms. The lowest BCUT2D eigenvalue weighted by molar-refractivity contribution is -0.166. The molecule has 0 aromatic carbocycles. The molecule has 2 atom stereocenters. The van der Waals surface area contributed by atoms with Gasteiger partial charge in [-0.3, -0.25) is 9.89 Å². The minimum Gasteiger partial charge on any atom is -0.378 e. The van der Waals surface area contributed by atoms with Gasteiger partial charge in [-0.25, -0.2) is 0 Å². The first-order valence-corrected chi connectivity index (χ1v) is 6.12. The fraction of sp³-hybridized carbons (Fsp3) is 0.667. The molecule has 1 heterocycles. The summed E-state index contributed by atoms with van der Waals surface area (Å²) < 4.78 is 5.60. The van der Waals surface area contributed by atoms with E-state index in [1.54, 1.807) is 12.4 Å². The Hall–Kier alpha value is -1.40. The monoisotopic (exact) mass is 252 g/mol. The van der Waals surface area contributed by atoms with Crippen LogP contribution in [0.25, 0.3) is 0 Å². The Morgan fingerprint density at radius 3 is 2.94 bits per heavy atom. The number of aromatic amines is 1. The zero-order valence-electron chi connectivity index (χ0n) is 11.0. The second-order valence-corrected chi connectivity index (χ2v) is 5.28. The van der Waals surface area contributed by atoms with Crippen LogP contribution in [0.4, 0.5) is 5.69 Å². The van der Waals surface area contributed by atoms with Crippen molar-refractivity contribution < 1.29 is 9.53 Å². The van der Waals surface area contributed by atoms with Gasteiger partial charge in [0.1, 0.15) is 5.54 Å². The molecule has 1 aliphatic rings. The Morgan fingerprint density at radius 2 is 2.44 bits per heavy atom. The Morgan fingerprint density at radius 1 is 1.72 bits per heavy atom. The number of amides is 1. The molecule has 1 aromatic heterocycles. The molecule has 0 aliphatic heterocycles. The van der Waals surface area contributed by atoms with Gasteiger partial charge in [-0.1, -0.05) is 13.8 Å². The van der Waals surface area contributed by atoms with E-state index in [1.165, 1.54) is 0 Å². The van der Waals surface area contributed by atoms with E-state index in [-0.39, 0.29) is 17.4 Å². The molecule has 6 heteroatoms. The average molecular weight is 252 g/mol. The number of ether oxygens (including phenoxy) is 1. The molecule has 4 N–H and O–H groups in total. The van der Waals surface area contributed by atoms with Gasteiger partial charge >= 0.3 is 0 Å². The molecule has 0 saturated heterocycles. The molecule has 0 bridgehead atoms. The van der Waals surface area contributed by atoms with Crippen LogP contribution in [0, 0.1) is 5.41 Å². The summed E-state index contributed by atoms with van der Waals surface area (Å²) in [7, 11) is 0. The first-order chi connectivity index (χ1) is 8.41. The summed E-state index contributed by atoms with van der Waals surface area (Å²) in [5.74, 6) is -0.190. The van der Waals surface area contributed by atoms with Crippen LogP contribution in [0.3, 0.4) is 0 Å². The number of aromatic nitrogens is 2. The smallest absolute Gasteiger partial charge is 0.245 e. The molecule has 1 fully saturated rings. The molecule has 1 aromatic rings. The van der Waals surface area contributed by atoms with E-state index in [4.69, 9.17) is 10.5 Å². The van der Waals surface area contributed by atoms with Gasteiger partial charge in [0.25, 0.3) is 0 Å². The van der Waals surface area contributed by atoms with Gasteiger partial charge in [-0.05, 0) is 6.92 Å². The Labute approximate surface area is 106 Å². The Kier molecular flexibility index (Phi) is 3.16. The van der Waals surface area contributed by atoms with Crippen molar-refractivity contribution in [1.29, 1.82) is 0 Å². The van der Waals surface area contributed by atoms with Gasteiger partial charge in [0.05, 0.1) is 18.0 Å². The number of nitrogens with zero attached hydrogens (tertiary/aromatic N) is 1. The van der Waals surface area contributed by atoms with Crippen LogP contribution >= 0.6 is 0 Å². The van der Waals surface area contributed by atoms with Gasteiger partial charge in [0, 0.05) is 24.6 Å². The number of anilines is 1. The average Bonchev–Trinajstić information content (AvgIpc) is 2.81. The van der Waals surface area contributed by atoms with Crippen LogP contribution in [0.15, 0.2) is 12.4 Å². The number of hydrogen-bond donors (Lipinski definition) is 3. The van der Waals surface area contributed by atoms with E-state index in [0.29, 0.717) is 18.7 Å². The first kappa shape index (κ1) is 13.0. The highest BCUT2D eigenvalue weighted by molar-refractivity contribution is 5.99. The molecule has 1 aliphatic carbocycles. The summed E-state index contributed by atoms with van der Waals surface area (Å²) in [4.78, 5) is 12.2. The normalized spacial score (nSPS) is 29.7. The highest BCUT2D eigenvalue weighted by Crippen LogP contribution is 2.50. The van der Waals surface area contributed by atoms with Crippen molar-refractivity contribution in [3.05, 3.63) is 12.4 Å². The molecule has 100 valence electrons. The third-order valence-corrected chi connectivity index (χ3v) is 3.99. The van der Waals surface area contributed by atoms with E-state index in [0.717, 1.165) is 0 Å². The number of H-pyrrole nitrogens is 1. The largest absolute Gasteiger partial charge is 0.378 e. The van der Waals surface area contributed by atoms with Crippen LogP contribution in [0.5, 0.6) is 0 Å². The summed E-state index contributed by atoms with van der Waals surface area (Å²) in [6.07, 6.45) is 3.74. The van der Waals surface area contributed by atoms with Crippen molar-refractivity contribution in [2.75, 3.05) is 11.9 Å². The lowest BCUT2D eigenvalue weighted by atomic mass is 9.54. The standard InChI is InChI=1S/C12H20N4O2/c1-4-18-9-5-12(13,11(9,2)3)10(17)16-8-6-14-15-7-8/h6-7,9H,4-5,13H2,1-3H3,(H,14,15)(H,16,17). The zero-order chi connectivity index (χ0) is 13.4. The van der Waals surface area contributed by atoms with E-state index in [9.17, 15) is 4.79 Å². The van der Waals surface area contributed by atoms with E-state index >= 15 is 0 Å². The quantitative estimate of drug-likeness (QED) is 0.741. The van der Waals surface area contributed by atoms with Crippen LogP contribution < -0.4 is 11.1 Å². The Balaban J connectivity index is 2.06. The maximum Gasteiger partial charge on any atom is 0.245 e. The maximum atomic E-state index is 12.2. The molecule has 6 nitrogen and oxygen atoms in total. The molecule has 2 unspecified atom stereocenters. The van der Waals surface area contributed by atoms with Crippen molar-refractivity contribution in [2.45, 2.75) is 38.8 Å². The van der Waals surface area contributed by atoms with E-state index in [2.05, 4.69) is 15.5 Å². The van der Waals surface area contributed by atoms with Gasteiger partial charge in [0.15, 0.2) is 0 Å². The van der Waals surface area contributed by atoms with Crippen molar-refractivity contribution in [3.8, 4) is 0 Å². The fourth-order valence-electron chi connectivity index (χ4n) is 2.38. The second-order valence-electron chi connectivity index (χ2n) is 5.28. The van der Waals surface area contributed by atoms with Crippen LogP contribution in [-0.4, -0.2) is 34.4 Å². The number of carbonyl (C=O) groups excluding carboxylic acids is 1. The third-order valence-electron chi connectivity index (χ3n) is 3.99. The predicted octanol–water partition coefficient (Wildman–Crippen LogP) is 0.881.